The van der Waals surface area contributed by atoms with Crippen LogP contribution in [-0.2, 0) is 17.5 Å². The van der Waals surface area contributed by atoms with Crippen molar-refractivity contribution in [3.63, 3.8) is 0 Å². The summed E-state index contributed by atoms with van der Waals surface area (Å²) in [5.74, 6) is -0.491. The number of halogens is 3. The standard InChI is InChI=1S/C25H25F3N4O2/c1-33-22-9-8-20(32-17-29-30-23(32)25(26,27)28)12-21(22)19-13-24(34-15-19)10-5-11-31(16-24)14-18-6-3-2-4-7-18/h2-4,6-9,12-13,17H,5,10-11,14-16H2,1H3. The Morgan fingerprint density at radius 3 is 2.74 bits per heavy atom. The number of hydrogen-bond donors (Lipinski definition) is 0. The van der Waals surface area contributed by atoms with Gasteiger partial charge in [-0.25, -0.2) is 0 Å². The Bertz CT molecular complexity index is 1190. The fourth-order valence-corrected chi connectivity index (χ4v) is 4.84. The molecule has 0 aliphatic carbocycles. The lowest BCUT2D eigenvalue weighted by molar-refractivity contribution is -0.146. The molecular formula is C25H25F3N4O2. The summed E-state index contributed by atoms with van der Waals surface area (Å²) < 4.78 is 52.9. The molecule has 0 radical (unpaired) electrons. The first-order valence-electron chi connectivity index (χ1n) is 11.1. The van der Waals surface area contributed by atoms with Gasteiger partial charge in [0.15, 0.2) is 0 Å². The SMILES string of the molecule is COc1ccc(-n2cnnc2C(F)(F)F)cc1C1=CC2(CCCN(Cc3ccccc3)C2)OC1. The van der Waals surface area contributed by atoms with Crippen molar-refractivity contribution in [1.29, 1.82) is 0 Å². The lowest BCUT2D eigenvalue weighted by atomic mass is 9.90. The van der Waals surface area contributed by atoms with Gasteiger partial charge < -0.3 is 9.47 Å². The molecule has 0 bridgehead atoms. The Labute approximate surface area is 195 Å². The summed E-state index contributed by atoms with van der Waals surface area (Å²) in [4.78, 5) is 2.39. The van der Waals surface area contributed by atoms with Gasteiger partial charge >= 0.3 is 6.18 Å². The maximum absolute atomic E-state index is 13.4. The van der Waals surface area contributed by atoms with E-state index >= 15 is 0 Å². The van der Waals surface area contributed by atoms with Crippen molar-refractivity contribution in [1.82, 2.24) is 19.7 Å². The van der Waals surface area contributed by atoms with Crippen molar-refractivity contribution in [3.8, 4) is 11.4 Å². The van der Waals surface area contributed by atoms with E-state index in [0.29, 0.717) is 23.6 Å². The third kappa shape index (κ3) is 4.45. The summed E-state index contributed by atoms with van der Waals surface area (Å²) in [6, 6.07) is 15.2. The van der Waals surface area contributed by atoms with Gasteiger partial charge in [0, 0.05) is 24.3 Å². The van der Waals surface area contributed by atoms with E-state index in [9.17, 15) is 13.2 Å². The van der Waals surface area contributed by atoms with Crippen molar-refractivity contribution in [2.45, 2.75) is 31.2 Å². The molecule has 9 heteroatoms. The topological polar surface area (TPSA) is 52.4 Å². The summed E-state index contributed by atoms with van der Waals surface area (Å²) in [5.41, 5.74) is 2.76. The van der Waals surface area contributed by atoms with E-state index in [1.165, 1.54) is 5.56 Å². The predicted octanol–water partition coefficient (Wildman–Crippen LogP) is 4.74. The maximum atomic E-state index is 13.4. The number of ether oxygens (including phenoxy) is 2. The highest BCUT2D eigenvalue weighted by Gasteiger charge is 2.40. The van der Waals surface area contributed by atoms with Gasteiger partial charge in [-0.3, -0.25) is 9.47 Å². The van der Waals surface area contributed by atoms with E-state index < -0.39 is 17.6 Å². The van der Waals surface area contributed by atoms with Crippen LogP contribution in [0.2, 0.25) is 0 Å². The number of nitrogens with zero attached hydrogens (tertiary/aromatic N) is 4. The van der Waals surface area contributed by atoms with Crippen molar-refractivity contribution in [2.24, 2.45) is 0 Å². The molecule has 5 rings (SSSR count). The number of methoxy groups -OCH3 is 1. The Morgan fingerprint density at radius 1 is 1.15 bits per heavy atom. The van der Waals surface area contributed by atoms with E-state index in [1.807, 2.05) is 18.2 Å². The lowest BCUT2D eigenvalue weighted by Crippen LogP contribution is -2.46. The molecule has 0 saturated carbocycles. The molecule has 1 atom stereocenters. The number of rotatable bonds is 5. The first-order chi connectivity index (χ1) is 16.4. The molecule has 6 nitrogen and oxygen atoms in total. The highest BCUT2D eigenvalue weighted by atomic mass is 19.4. The Balaban J connectivity index is 1.44. The van der Waals surface area contributed by atoms with E-state index in [4.69, 9.17) is 9.47 Å². The van der Waals surface area contributed by atoms with Gasteiger partial charge in [-0.05, 0) is 54.8 Å². The molecule has 3 aromatic rings. The zero-order chi connectivity index (χ0) is 23.8. The predicted molar refractivity (Wildman–Crippen MR) is 121 cm³/mol. The van der Waals surface area contributed by atoms with Crippen molar-refractivity contribution >= 4 is 5.57 Å². The smallest absolute Gasteiger partial charge is 0.452 e. The van der Waals surface area contributed by atoms with Crippen LogP contribution >= 0.6 is 0 Å². The molecule has 178 valence electrons. The van der Waals surface area contributed by atoms with E-state index in [1.54, 1.807) is 25.3 Å². The van der Waals surface area contributed by atoms with Crippen LogP contribution in [0.25, 0.3) is 11.3 Å². The molecule has 0 amide bonds. The molecule has 0 N–H and O–H groups in total. The number of hydrogen-bond acceptors (Lipinski definition) is 5. The number of piperidine rings is 1. The fourth-order valence-electron chi connectivity index (χ4n) is 4.84. The highest BCUT2D eigenvalue weighted by molar-refractivity contribution is 5.75. The first-order valence-corrected chi connectivity index (χ1v) is 11.1. The minimum Gasteiger partial charge on any atom is -0.496 e. The monoisotopic (exact) mass is 470 g/mol. The fraction of sp³-hybridized carbons (Fsp3) is 0.360. The summed E-state index contributed by atoms with van der Waals surface area (Å²) in [5, 5.41) is 6.72. The zero-order valence-electron chi connectivity index (χ0n) is 18.8. The van der Waals surface area contributed by atoms with Gasteiger partial charge in [0.2, 0.25) is 5.82 Å². The minimum absolute atomic E-state index is 0.310. The Kier molecular flexibility index (Phi) is 5.91. The normalized spacial score (nSPS) is 21.1. The van der Waals surface area contributed by atoms with Crippen LogP contribution in [0, 0.1) is 0 Å². The average Bonchev–Trinajstić information content (AvgIpc) is 3.47. The van der Waals surface area contributed by atoms with Crippen molar-refractivity contribution in [2.75, 3.05) is 26.8 Å². The van der Waals surface area contributed by atoms with Crippen molar-refractivity contribution in [3.05, 3.63) is 77.9 Å². The Morgan fingerprint density at radius 2 is 1.97 bits per heavy atom. The molecule has 34 heavy (non-hydrogen) atoms. The maximum Gasteiger partial charge on any atom is 0.452 e. The van der Waals surface area contributed by atoms with Crippen molar-refractivity contribution < 1.29 is 22.6 Å². The molecule has 2 aliphatic rings. The zero-order valence-corrected chi connectivity index (χ0v) is 18.8. The first kappa shape index (κ1) is 22.6. The number of alkyl halides is 3. The van der Waals surface area contributed by atoms with Gasteiger partial charge in [-0.15, -0.1) is 10.2 Å². The summed E-state index contributed by atoms with van der Waals surface area (Å²) in [6.07, 6.45) is 0.484. The molecule has 3 heterocycles. The van der Waals surface area contributed by atoms with Gasteiger partial charge in [0.05, 0.1) is 13.7 Å². The van der Waals surface area contributed by atoms with Crippen LogP contribution in [0.15, 0.2) is 60.9 Å². The number of aromatic nitrogens is 3. The molecule has 2 aromatic carbocycles. The van der Waals surface area contributed by atoms with Gasteiger partial charge in [-0.1, -0.05) is 30.3 Å². The van der Waals surface area contributed by atoms with Crippen LogP contribution < -0.4 is 4.74 Å². The second-order valence-electron chi connectivity index (χ2n) is 8.73. The molecule has 1 unspecified atom stereocenters. The molecular weight excluding hydrogens is 445 g/mol. The van der Waals surface area contributed by atoms with Crippen LogP contribution in [0.4, 0.5) is 13.2 Å². The van der Waals surface area contributed by atoms with E-state index in [-0.39, 0.29) is 0 Å². The third-order valence-corrected chi connectivity index (χ3v) is 6.38. The third-order valence-electron chi connectivity index (χ3n) is 6.38. The largest absolute Gasteiger partial charge is 0.496 e. The quantitative estimate of drug-likeness (QED) is 0.539. The van der Waals surface area contributed by atoms with E-state index in [2.05, 4.69) is 33.3 Å². The minimum atomic E-state index is -4.61. The molecule has 1 spiro atoms. The Hall–Kier alpha value is -3.17. The second kappa shape index (κ2) is 8.88. The van der Waals surface area contributed by atoms with Crippen LogP contribution in [0.5, 0.6) is 5.75 Å². The van der Waals surface area contributed by atoms with Crippen LogP contribution in [-0.4, -0.2) is 52.1 Å². The van der Waals surface area contributed by atoms with Crippen LogP contribution in [0.1, 0.15) is 29.8 Å². The number of likely N-dealkylation sites (tertiary alicyclic amines) is 1. The van der Waals surface area contributed by atoms with Gasteiger partial charge in [-0.2, -0.15) is 13.2 Å². The lowest BCUT2D eigenvalue weighted by Gasteiger charge is -2.38. The summed E-state index contributed by atoms with van der Waals surface area (Å²) in [7, 11) is 1.55. The second-order valence-corrected chi connectivity index (χ2v) is 8.73. The van der Waals surface area contributed by atoms with Gasteiger partial charge in [0.1, 0.15) is 17.7 Å². The average molecular weight is 470 g/mol. The number of benzene rings is 2. The van der Waals surface area contributed by atoms with Crippen LogP contribution in [0.3, 0.4) is 0 Å². The molecule has 1 fully saturated rings. The highest BCUT2D eigenvalue weighted by Crippen LogP contribution is 2.40. The molecule has 1 saturated heterocycles. The van der Waals surface area contributed by atoms with Gasteiger partial charge in [0.25, 0.3) is 0 Å². The van der Waals surface area contributed by atoms with E-state index in [0.717, 1.165) is 48.9 Å². The molecule has 2 aliphatic heterocycles. The molecule has 1 aromatic heterocycles. The summed E-state index contributed by atoms with van der Waals surface area (Å²) in [6.45, 7) is 2.97. The summed E-state index contributed by atoms with van der Waals surface area (Å²) >= 11 is 0.